The van der Waals surface area contributed by atoms with Gasteiger partial charge in [0.15, 0.2) is 0 Å². The van der Waals surface area contributed by atoms with E-state index in [0.29, 0.717) is 18.9 Å². The summed E-state index contributed by atoms with van der Waals surface area (Å²) in [7, 11) is 0. The molecule has 5 nitrogen and oxygen atoms in total. The summed E-state index contributed by atoms with van der Waals surface area (Å²) in [5, 5.41) is 8.35. The molecule has 2 saturated heterocycles. The van der Waals surface area contributed by atoms with Gasteiger partial charge in [0.25, 0.3) is 0 Å². The zero-order valence-corrected chi connectivity index (χ0v) is 14.9. The van der Waals surface area contributed by atoms with Crippen molar-refractivity contribution in [3.8, 4) is 0 Å². The molecular weight excluding hydrogens is 322 g/mol. The normalized spacial score (nSPS) is 24.1. The Morgan fingerprint density at radius 2 is 2.25 bits per heavy atom. The lowest BCUT2D eigenvalue weighted by atomic mass is 9.97. The molecule has 2 N–H and O–H groups in total. The van der Waals surface area contributed by atoms with Gasteiger partial charge in [-0.3, -0.25) is 9.59 Å². The number of piperidine rings is 1. The van der Waals surface area contributed by atoms with Crippen LogP contribution in [0, 0.1) is 5.92 Å². The van der Waals surface area contributed by atoms with Crippen molar-refractivity contribution < 1.29 is 9.59 Å². The smallest absolute Gasteiger partial charge is 0.237 e. The Balaban J connectivity index is 1.40. The minimum Gasteiger partial charge on any atom is -0.354 e. The van der Waals surface area contributed by atoms with Crippen molar-refractivity contribution in [2.24, 2.45) is 5.92 Å². The van der Waals surface area contributed by atoms with E-state index in [-0.39, 0.29) is 17.9 Å². The maximum Gasteiger partial charge on any atom is 0.237 e. The summed E-state index contributed by atoms with van der Waals surface area (Å²) in [6.07, 6.45) is 5.56. The highest BCUT2D eigenvalue weighted by atomic mass is 32.1. The molecule has 2 fully saturated rings. The second-order valence-corrected chi connectivity index (χ2v) is 7.85. The first-order valence-electron chi connectivity index (χ1n) is 9.03. The largest absolute Gasteiger partial charge is 0.354 e. The molecule has 24 heavy (non-hydrogen) atoms. The SMILES string of the molecule is O=C(NC[C@H]1CCCN(C(=O)CCc2cccs2)C1)[C@H]1CCCN1. The van der Waals surface area contributed by atoms with E-state index in [0.717, 1.165) is 51.7 Å². The third-order valence-electron chi connectivity index (χ3n) is 4.98. The van der Waals surface area contributed by atoms with E-state index in [4.69, 9.17) is 0 Å². The van der Waals surface area contributed by atoms with E-state index in [1.165, 1.54) is 4.88 Å². The molecule has 2 aliphatic rings. The quantitative estimate of drug-likeness (QED) is 0.823. The van der Waals surface area contributed by atoms with Crippen LogP contribution in [0.3, 0.4) is 0 Å². The summed E-state index contributed by atoms with van der Waals surface area (Å²) in [5.41, 5.74) is 0. The van der Waals surface area contributed by atoms with E-state index in [1.54, 1.807) is 11.3 Å². The van der Waals surface area contributed by atoms with Gasteiger partial charge in [-0.25, -0.2) is 0 Å². The predicted molar refractivity (Wildman–Crippen MR) is 96.0 cm³/mol. The molecule has 3 heterocycles. The zero-order chi connectivity index (χ0) is 16.8. The van der Waals surface area contributed by atoms with Crippen molar-refractivity contribution in [1.29, 1.82) is 0 Å². The second-order valence-electron chi connectivity index (χ2n) is 6.82. The Bertz CT molecular complexity index is 540. The van der Waals surface area contributed by atoms with Crippen molar-refractivity contribution in [3.63, 3.8) is 0 Å². The van der Waals surface area contributed by atoms with E-state index in [9.17, 15) is 9.59 Å². The minimum atomic E-state index is -0.0166. The molecule has 0 aliphatic carbocycles. The molecule has 0 radical (unpaired) electrons. The Hall–Kier alpha value is -1.40. The van der Waals surface area contributed by atoms with E-state index >= 15 is 0 Å². The summed E-state index contributed by atoms with van der Waals surface area (Å²) < 4.78 is 0. The molecular formula is C18H27N3O2S. The van der Waals surface area contributed by atoms with Crippen LogP contribution in [0.4, 0.5) is 0 Å². The van der Waals surface area contributed by atoms with Crippen LogP contribution in [-0.2, 0) is 16.0 Å². The Labute approximate surface area is 147 Å². The molecule has 1 aromatic heterocycles. The topological polar surface area (TPSA) is 61.4 Å². The highest BCUT2D eigenvalue weighted by molar-refractivity contribution is 7.09. The van der Waals surface area contributed by atoms with Gasteiger partial charge in [0.2, 0.25) is 11.8 Å². The average molecular weight is 350 g/mol. The fraction of sp³-hybridized carbons (Fsp3) is 0.667. The monoisotopic (exact) mass is 349 g/mol. The standard InChI is InChI=1S/C18H27N3O2S/c22-17(8-7-15-5-3-11-24-15)21-10-2-4-14(13-21)12-20-18(23)16-6-1-9-19-16/h3,5,11,14,16,19H,1-2,4,6-10,12-13H2,(H,20,23)/t14-,16-/m1/s1. The number of rotatable bonds is 6. The molecule has 0 unspecified atom stereocenters. The fourth-order valence-electron chi connectivity index (χ4n) is 3.58. The van der Waals surface area contributed by atoms with Crippen molar-refractivity contribution in [1.82, 2.24) is 15.5 Å². The lowest BCUT2D eigenvalue weighted by Gasteiger charge is -2.33. The van der Waals surface area contributed by atoms with Gasteiger partial charge < -0.3 is 15.5 Å². The minimum absolute atomic E-state index is 0.0166. The number of thiophene rings is 1. The Morgan fingerprint density at radius 1 is 1.33 bits per heavy atom. The number of carbonyl (C=O) groups is 2. The highest BCUT2D eigenvalue weighted by Gasteiger charge is 2.26. The van der Waals surface area contributed by atoms with Crippen LogP contribution < -0.4 is 10.6 Å². The maximum atomic E-state index is 12.4. The molecule has 6 heteroatoms. The fourth-order valence-corrected chi connectivity index (χ4v) is 4.29. The van der Waals surface area contributed by atoms with Gasteiger partial charge in [-0.05, 0) is 56.0 Å². The molecule has 0 aromatic carbocycles. The van der Waals surface area contributed by atoms with Gasteiger partial charge in [-0.2, -0.15) is 0 Å². The van der Waals surface area contributed by atoms with Crippen molar-refractivity contribution in [2.75, 3.05) is 26.2 Å². The van der Waals surface area contributed by atoms with Crippen LogP contribution in [0.25, 0.3) is 0 Å². The Kier molecular flexibility index (Phi) is 6.26. The molecule has 0 spiro atoms. The number of likely N-dealkylation sites (tertiary alicyclic amines) is 1. The number of nitrogens with zero attached hydrogens (tertiary/aromatic N) is 1. The van der Waals surface area contributed by atoms with Crippen molar-refractivity contribution in [3.05, 3.63) is 22.4 Å². The maximum absolute atomic E-state index is 12.4. The summed E-state index contributed by atoms with van der Waals surface area (Å²) in [6, 6.07) is 4.10. The van der Waals surface area contributed by atoms with Crippen LogP contribution in [0.5, 0.6) is 0 Å². The van der Waals surface area contributed by atoms with E-state index in [1.807, 2.05) is 11.0 Å². The summed E-state index contributed by atoms with van der Waals surface area (Å²) >= 11 is 1.71. The number of amides is 2. The molecule has 0 saturated carbocycles. The molecule has 2 aliphatic heterocycles. The number of hydrogen-bond donors (Lipinski definition) is 2. The van der Waals surface area contributed by atoms with Crippen LogP contribution in [-0.4, -0.2) is 48.9 Å². The molecule has 2 atom stereocenters. The third-order valence-corrected chi connectivity index (χ3v) is 5.92. The first-order chi connectivity index (χ1) is 11.7. The molecule has 0 bridgehead atoms. The van der Waals surface area contributed by atoms with Gasteiger partial charge in [-0.1, -0.05) is 6.07 Å². The van der Waals surface area contributed by atoms with E-state index in [2.05, 4.69) is 22.1 Å². The van der Waals surface area contributed by atoms with Gasteiger partial charge in [0.05, 0.1) is 6.04 Å². The van der Waals surface area contributed by atoms with Crippen LogP contribution in [0.2, 0.25) is 0 Å². The van der Waals surface area contributed by atoms with Gasteiger partial charge in [0, 0.05) is 30.9 Å². The third kappa shape index (κ3) is 4.80. The number of hydrogen-bond acceptors (Lipinski definition) is 4. The highest BCUT2D eigenvalue weighted by Crippen LogP contribution is 2.18. The van der Waals surface area contributed by atoms with Crippen LogP contribution in [0.15, 0.2) is 17.5 Å². The van der Waals surface area contributed by atoms with Gasteiger partial charge in [0.1, 0.15) is 0 Å². The van der Waals surface area contributed by atoms with Crippen LogP contribution >= 0.6 is 11.3 Å². The number of aryl methyl sites for hydroxylation is 1. The summed E-state index contributed by atoms with van der Waals surface area (Å²) in [5.74, 6) is 0.750. The molecule has 1 aromatic rings. The van der Waals surface area contributed by atoms with Gasteiger partial charge >= 0.3 is 0 Å². The van der Waals surface area contributed by atoms with Crippen LogP contribution in [0.1, 0.15) is 37.0 Å². The van der Waals surface area contributed by atoms with Crippen molar-refractivity contribution >= 4 is 23.2 Å². The van der Waals surface area contributed by atoms with Gasteiger partial charge in [-0.15, -0.1) is 11.3 Å². The summed E-state index contributed by atoms with van der Waals surface area (Å²) in [6.45, 7) is 3.26. The van der Waals surface area contributed by atoms with Crippen molar-refractivity contribution in [2.45, 2.75) is 44.6 Å². The average Bonchev–Trinajstić information content (AvgIpc) is 3.31. The lowest BCUT2D eigenvalue weighted by Crippen LogP contribution is -2.46. The molecule has 132 valence electrons. The predicted octanol–water partition coefficient (Wildman–Crippen LogP) is 1.79. The summed E-state index contributed by atoms with van der Waals surface area (Å²) in [4.78, 5) is 27.8. The number of nitrogens with one attached hydrogen (secondary N) is 2. The zero-order valence-electron chi connectivity index (χ0n) is 14.1. The number of carbonyl (C=O) groups excluding carboxylic acids is 2. The molecule has 3 rings (SSSR count). The first kappa shape index (κ1) is 17.4. The molecule has 2 amide bonds. The Morgan fingerprint density at radius 3 is 3.00 bits per heavy atom. The lowest BCUT2D eigenvalue weighted by molar-refractivity contribution is -0.132. The van der Waals surface area contributed by atoms with E-state index < -0.39 is 0 Å². The first-order valence-corrected chi connectivity index (χ1v) is 9.91. The second kappa shape index (κ2) is 8.62.